The number of hydrogen-bond donors (Lipinski definition) is 1. The van der Waals surface area contributed by atoms with Gasteiger partial charge in [0.15, 0.2) is 0 Å². The van der Waals surface area contributed by atoms with Crippen LogP contribution in [0.1, 0.15) is 29.6 Å². The number of benzene rings is 1. The molecule has 2 atom stereocenters. The minimum atomic E-state index is -3.75. The molecule has 0 saturated carbocycles. The Morgan fingerprint density at radius 1 is 1.15 bits per heavy atom. The number of carbonyl (C=O) groups is 1. The van der Waals surface area contributed by atoms with E-state index in [1.54, 1.807) is 17.0 Å². The van der Waals surface area contributed by atoms with Crippen LogP contribution in [0, 0.1) is 0 Å². The van der Waals surface area contributed by atoms with Crippen LogP contribution in [0.4, 0.5) is 0 Å². The van der Waals surface area contributed by atoms with Crippen LogP contribution >= 0.6 is 0 Å². The van der Waals surface area contributed by atoms with Crippen molar-refractivity contribution in [3.63, 3.8) is 0 Å². The van der Waals surface area contributed by atoms with E-state index >= 15 is 0 Å². The molecule has 2 unspecified atom stereocenters. The molecule has 0 radical (unpaired) electrons. The smallest absolute Gasteiger partial charge is 0.253 e. The predicted octanol–water partition coefficient (Wildman–Crippen LogP) is 0.608. The van der Waals surface area contributed by atoms with Gasteiger partial charge in [-0.2, -0.15) is 4.31 Å². The lowest BCUT2D eigenvalue weighted by Gasteiger charge is -2.27. The van der Waals surface area contributed by atoms with Gasteiger partial charge in [0.05, 0.1) is 17.0 Å². The van der Waals surface area contributed by atoms with Crippen LogP contribution in [0.2, 0.25) is 0 Å². The van der Waals surface area contributed by atoms with Gasteiger partial charge in [-0.15, -0.1) is 0 Å². The topological polar surface area (TPSA) is 81.2 Å². The number of nitrogens with zero attached hydrogens (tertiary/aromatic N) is 3. The Hall–Kier alpha value is -1.48. The van der Waals surface area contributed by atoms with Gasteiger partial charge in [0.1, 0.15) is 0 Å². The summed E-state index contributed by atoms with van der Waals surface area (Å²) in [5.41, 5.74) is 0.400. The molecule has 1 amide bonds. The molecule has 2 aliphatic heterocycles. The van der Waals surface area contributed by atoms with Crippen molar-refractivity contribution in [1.29, 1.82) is 0 Å². The van der Waals surface area contributed by atoms with Gasteiger partial charge in [-0.1, -0.05) is 6.07 Å². The second-order valence-electron chi connectivity index (χ2n) is 7.30. The number of rotatable bonds is 4. The van der Waals surface area contributed by atoms with E-state index in [4.69, 9.17) is 0 Å². The molecule has 2 heterocycles. The number of piperidine rings is 1. The van der Waals surface area contributed by atoms with Crippen LogP contribution in [0.3, 0.4) is 0 Å². The molecule has 3 rings (SSSR count). The molecule has 1 N–H and O–H groups in total. The Morgan fingerprint density at radius 3 is 2.46 bits per heavy atom. The first-order chi connectivity index (χ1) is 12.3. The van der Waals surface area contributed by atoms with Crippen molar-refractivity contribution in [3.8, 4) is 0 Å². The average molecular weight is 381 g/mol. The summed E-state index contributed by atoms with van der Waals surface area (Å²) in [6, 6.07) is 6.01. The van der Waals surface area contributed by atoms with Crippen LogP contribution in [0.25, 0.3) is 0 Å². The van der Waals surface area contributed by atoms with Gasteiger partial charge in [0, 0.05) is 31.7 Å². The number of sulfonamides is 1. The lowest BCUT2D eigenvalue weighted by Crippen LogP contribution is -2.38. The number of likely N-dealkylation sites (N-methyl/N-ethyl adjacent to an activating group) is 1. The number of aliphatic hydroxyl groups excluding tert-OH is 1. The van der Waals surface area contributed by atoms with Crippen molar-refractivity contribution in [2.45, 2.75) is 36.3 Å². The summed E-state index contributed by atoms with van der Waals surface area (Å²) in [4.78, 5) is 16.4. The molecule has 144 valence electrons. The summed E-state index contributed by atoms with van der Waals surface area (Å²) < 4.78 is 27.2. The van der Waals surface area contributed by atoms with E-state index in [2.05, 4.69) is 0 Å². The Balaban J connectivity index is 1.82. The molecular weight excluding hydrogens is 354 g/mol. The SMILES string of the molecule is CN(C)C1CN(S(=O)(=O)c2cccc(C(=O)N3CCCCC3)c2)CC1O. The molecular formula is C18H27N3O4S. The van der Waals surface area contributed by atoms with Crippen molar-refractivity contribution >= 4 is 15.9 Å². The van der Waals surface area contributed by atoms with Gasteiger partial charge >= 0.3 is 0 Å². The predicted molar refractivity (Wildman–Crippen MR) is 98.4 cm³/mol. The van der Waals surface area contributed by atoms with Crippen molar-refractivity contribution in [1.82, 2.24) is 14.1 Å². The Labute approximate surface area is 155 Å². The van der Waals surface area contributed by atoms with Crippen molar-refractivity contribution in [2.75, 3.05) is 40.3 Å². The van der Waals surface area contributed by atoms with E-state index in [0.717, 1.165) is 32.4 Å². The highest BCUT2D eigenvalue weighted by atomic mass is 32.2. The third-order valence-corrected chi connectivity index (χ3v) is 7.08. The van der Waals surface area contributed by atoms with Crippen molar-refractivity contribution in [3.05, 3.63) is 29.8 Å². The van der Waals surface area contributed by atoms with Gasteiger partial charge in [-0.25, -0.2) is 8.42 Å². The fraction of sp³-hybridized carbons (Fsp3) is 0.611. The molecule has 2 fully saturated rings. The van der Waals surface area contributed by atoms with Crippen LogP contribution in [0.15, 0.2) is 29.2 Å². The minimum Gasteiger partial charge on any atom is -0.390 e. The summed E-state index contributed by atoms with van der Waals surface area (Å²) >= 11 is 0. The van der Waals surface area contributed by atoms with Crippen LogP contribution < -0.4 is 0 Å². The van der Waals surface area contributed by atoms with E-state index < -0.39 is 16.1 Å². The molecule has 8 heteroatoms. The Morgan fingerprint density at radius 2 is 1.85 bits per heavy atom. The molecule has 26 heavy (non-hydrogen) atoms. The van der Waals surface area contributed by atoms with E-state index in [1.165, 1.54) is 16.4 Å². The van der Waals surface area contributed by atoms with E-state index in [-0.39, 0.29) is 29.9 Å². The lowest BCUT2D eigenvalue weighted by atomic mass is 10.1. The molecule has 7 nitrogen and oxygen atoms in total. The third-order valence-electron chi connectivity index (χ3n) is 5.25. The number of aliphatic hydroxyl groups is 1. The summed E-state index contributed by atoms with van der Waals surface area (Å²) in [7, 11) is -0.106. The minimum absolute atomic E-state index is 0.0650. The fourth-order valence-electron chi connectivity index (χ4n) is 3.66. The maximum absolute atomic E-state index is 13.0. The van der Waals surface area contributed by atoms with Gasteiger partial charge in [0.25, 0.3) is 5.91 Å². The van der Waals surface area contributed by atoms with Crippen LogP contribution in [-0.4, -0.2) is 86.0 Å². The second kappa shape index (κ2) is 7.64. The number of carbonyl (C=O) groups excluding carboxylic acids is 1. The quantitative estimate of drug-likeness (QED) is 0.826. The number of β-amino-alcohol motifs (C(OH)–C–C–N with tert-alkyl or cyclic N) is 1. The summed E-state index contributed by atoms with van der Waals surface area (Å²) in [6.07, 6.45) is 2.38. The normalized spacial score (nSPS) is 25.0. The highest BCUT2D eigenvalue weighted by molar-refractivity contribution is 7.89. The zero-order valence-corrected chi connectivity index (χ0v) is 16.2. The first-order valence-electron chi connectivity index (χ1n) is 9.04. The van der Waals surface area contributed by atoms with Gasteiger partial charge in [-0.05, 0) is 51.6 Å². The molecule has 0 spiro atoms. The van der Waals surface area contributed by atoms with Crippen LogP contribution in [0.5, 0.6) is 0 Å². The van der Waals surface area contributed by atoms with Crippen molar-refractivity contribution in [2.24, 2.45) is 0 Å². The molecule has 2 aliphatic rings. The highest BCUT2D eigenvalue weighted by Gasteiger charge is 2.39. The average Bonchev–Trinajstić information content (AvgIpc) is 3.05. The molecule has 2 saturated heterocycles. The fourth-order valence-corrected chi connectivity index (χ4v) is 5.18. The standard InChI is InChI=1S/C18H27N3O4S/c1-19(2)16-12-21(13-17(16)22)26(24,25)15-8-6-7-14(11-15)18(23)20-9-4-3-5-10-20/h6-8,11,16-17,22H,3-5,9-10,12-13H2,1-2H3. The third kappa shape index (κ3) is 3.78. The second-order valence-corrected chi connectivity index (χ2v) is 9.24. The van der Waals surface area contributed by atoms with E-state index in [0.29, 0.717) is 5.56 Å². The van der Waals surface area contributed by atoms with E-state index in [1.807, 2.05) is 19.0 Å². The number of likely N-dealkylation sites (tertiary alicyclic amines) is 1. The zero-order valence-electron chi connectivity index (χ0n) is 15.3. The number of hydrogen-bond acceptors (Lipinski definition) is 5. The molecule has 0 aromatic heterocycles. The number of amides is 1. The molecule has 1 aromatic carbocycles. The first kappa shape index (κ1) is 19.3. The maximum atomic E-state index is 13.0. The monoisotopic (exact) mass is 381 g/mol. The van der Waals surface area contributed by atoms with Gasteiger partial charge in [0.2, 0.25) is 10.0 Å². The summed E-state index contributed by atoms with van der Waals surface area (Å²) in [6.45, 7) is 1.74. The van der Waals surface area contributed by atoms with Gasteiger partial charge in [-0.3, -0.25) is 4.79 Å². The molecule has 0 bridgehead atoms. The Kier molecular flexibility index (Phi) is 5.67. The first-order valence-corrected chi connectivity index (χ1v) is 10.5. The zero-order chi connectivity index (χ0) is 18.9. The van der Waals surface area contributed by atoms with Gasteiger partial charge < -0.3 is 14.9 Å². The lowest BCUT2D eigenvalue weighted by molar-refractivity contribution is 0.0724. The van der Waals surface area contributed by atoms with E-state index in [9.17, 15) is 18.3 Å². The molecule has 1 aromatic rings. The Bertz CT molecular complexity index is 759. The molecule has 0 aliphatic carbocycles. The largest absolute Gasteiger partial charge is 0.390 e. The summed E-state index contributed by atoms with van der Waals surface area (Å²) in [5.74, 6) is -0.116. The summed E-state index contributed by atoms with van der Waals surface area (Å²) in [5, 5.41) is 10.1. The van der Waals surface area contributed by atoms with Crippen LogP contribution in [-0.2, 0) is 10.0 Å². The maximum Gasteiger partial charge on any atom is 0.253 e. The highest BCUT2D eigenvalue weighted by Crippen LogP contribution is 2.24. The van der Waals surface area contributed by atoms with Crippen molar-refractivity contribution < 1.29 is 18.3 Å².